The van der Waals surface area contributed by atoms with E-state index in [9.17, 15) is 4.79 Å². The standard InChI is InChI=1S/C11H14BrNO3/c1-13-6-9(14)11-8(12)4-7(15-2)5-10(11)16-3/h4-5,13H,6H2,1-3H3. The Kier molecular flexibility index (Phi) is 4.76. The zero-order valence-electron chi connectivity index (χ0n) is 9.46. The molecular formula is C11H14BrNO3. The van der Waals surface area contributed by atoms with Gasteiger partial charge in [-0.2, -0.15) is 0 Å². The average molecular weight is 288 g/mol. The van der Waals surface area contributed by atoms with E-state index >= 15 is 0 Å². The molecule has 0 heterocycles. The van der Waals surface area contributed by atoms with E-state index in [2.05, 4.69) is 21.2 Å². The second kappa shape index (κ2) is 5.86. The highest BCUT2D eigenvalue weighted by Crippen LogP contribution is 2.32. The van der Waals surface area contributed by atoms with Gasteiger partial charge in [-0.3, -0.25) is 4.79 Å². The number of Topliss-reactive ketones (excluding diaryl/α,β-unsaturated/α-hetero) is 1. The van der Waals surface area contributed by atoms with Gasteiger partial charge < -0.3 is 14.8 Å². The molecule has 0 aromatic heterocycles. The SMILES string of the molecule is CNCC(=O)c1c(Br)cc(OC)cc1OC. The van der Waals surface area contributed by atoms with Crippen LogP contribution in [0.4, 0.5) is 0 Å². The quantitative estimate of drug-likeness (QED) is 0.840. The normalized spacial score (nSPS) is 10.0. The first-order chi connectivity index (χ1) is 7.63. The highest BCUT2D eigenvalue weighted by molar-refractivity contribution is 9.10. The molecule has 0 aliphatic heterocycles. The lowest BCUT2D eigenvalue weighted by Crippen LogP contribution is -2.19. The summed E-state index contributed by atoms with van der Waals surface area (Å²) in [6.07, 6.45) is 0. The van der Waals surface area contributed by atoms with E-state index in [1.165, 1.54) is 7.11 Å². The van der Waals surface area contributed by atoms with Crippen LogP contribution in [0.15, 0.2) is 16.6 Å². The summed E-state index contributed by atoms with van der Waals surface area (Å²) in [6, 6.07) is 3.43. The molecule has 0 bridgehead atoms. The molecular weight excluding hydrogens is 274 g/mol. The third-order valence-electron chi connectivity index (χ3n) is 2.10. The molecule has 0 aliphatic rings. The zero-order chi connectivity index (χ0) is 12.1. The molecule has 0 radical (unpaired) electrons. The number of rotatable bonds is 5. The summed E-state index contributed by atoms with van der Waals surface area (Å²) in [7, 11) is 4.81. The predicted molar refractivity (Wildman–Crippen MR) is 65.5 cm³/mol. The lowest BCUT2D eigenvalue weighted by atomic mass is 10.1. The third-order valence-corrected chi connectivity index (χ3v) is 2.72. The molecule has 4 nitrogen and oxygen atoms in total. The van der Waals surface area contributed by atoms with E-state index in [1.54, 1.807) is 26.3 Å². The van der Waals surface area contributed by atoms with Gasteiger partial charge in [0.15, 0.2) is 5.78 Å². The summed E-state index contributed by atoms with van der Waals surface area (Å²) < 4.78 is 10.9. The molecule has 5 heteroatoms. The molecule has 1 rings (SSSR count). The molecule has 0 spiro atoms. The van der Waals surface area contributed by atoms with Crippen molar-refractivity contribution in [1.82, 2.24) is 5.32 Å². The van der Waals surface area contributed by atoms with Crippen molar-refractivity contribution in [1.29, 1.82) is 0 Å². The van der Waals surface area contributed by atoms with Crippen molar-refractivity contribution in [2.75, 3.05) is 27.8 Å². The molecule has 0 atom stereocenters. The number of hydrogen-bond acceptors (Lipinski definition) is 4. The van der Waals surface area contributed by atoms with Crippen molar-refractivity contribution in [2.45, 2.75) is 0 Å². The Balaban J connectivity index is 3.21. The number of ketones is 1. The van der Waals surface area contributed by atoms with Crippen LogP contribution in [0.3, 0.4) is 0 Å². The van der Waals surface area contributed by atoms with Gasteiger partial charge >= 0.3 is 0 Å². The first kappa shape index (κ1) is 13.0. The van der Waals surface area contributed by atoms with Gasteiger partial charge in [-0.15, -0.1) is 0 Å². The van der Waals surface area contributed by atoms with Crippen LogP contribution in [-0.4, -0.2) is 33.6 Å². The highest BCUT2D eigenvalue weighted by atomic mass is 79.9. The fraction of sp³-hybridized carbons (Fsp3) is 0.364. The first-order valence-electron chi connectivity index (χ1n) is 4.73. The molecule has 0 aliphatic carbocycles. The van der Waals surface area contributed by atoms with Crippen LogP contribution in [0.2, 0.25) is 0 Å². The van der Waals surface area contributed by atoms with Crippen LogP contribution in [0.5, 0.6) is 11.5 Å². The second-order valence-corrected chi connectivity index (χ2v) is 3.99. The Morgan fingerprint density at radius 3 is 2.56 bits per heavy atom. The van der Waals surface area contributed by atoms with Crippen molar-refractivity contribution in [3.8, 4) is 11.5 Å². The van der Waals surface area contributed by atoms with Gasteiger partial charge in [0.05, 0.1) is 26.3 Å². The van der Waals surface area contributed by atoms with E-state index in [-0.39, 0.29) is 12.3 Å². The number of methoxy groups -OCH3 is 2. The van der Waals surface area contributed by atoms with Crippen LogP contribution in [0, 0.1) is 0 Å². The maximum absolute atomic E-state index is 11.8. The number of halogens is 1. The molecule has 88 valence electrons. The van der Waals surface area contributed by atoms with Crippen molar-refractivity contribution >= 4 is 21.7 Å². The lowest BCUT2D eigenvalue weighted by Gasteiger charge is -2.11. The van der Waals surface area contributed by atoms with Crippen LogP contribution in [0.1, 0.15) is 10.4 Å². The average Bonchev–Trinajstić information content (AvgIpc) is 2.27. The van der Waals surface area contributed by atoms with Gasteiger partial charge in [0, 0.05) is 10.5 Å². The van der Waals surface area contributed by atoms with Gasteiger partial charge in [0.25, 0.3) is 0 Å². The van der Waals surface area contributed by atoms with Crippen LogP contribution < -0.4 is 14.8 Å². The Bertz CT molecular complexity index is 393. The Hall–Kier alpha value is -1.07. The predicted octanol–water partition coefficient (Wildman–Crippen LogP) is 1.87. The number of carbonyl (C=O) groups is 1. The van der Waals surface area contributed by atoms with Crippen LogP contribution in [-0.2, 0) is 0 Å². The van der Waals surface area contributed by atoms with Gasteiger partial charge in [-0.05, 0) is 29.0 Å². The Morgan fingerprint density at radius 1 is 1.38 bits per heavy atom. The van der Waals surface area contributed by atoms with Gasteiger partial charge in [0.1, 0.15) is 11.5 Å². The highest BCUT2D eigenvalue weighted by Gasteiger charge is 2.17. The molecule has 0 unspecified atom stereocenters. The van der Waals surface area contributed by atoms with Crippen molar-refractivity contribution in [3.63, 3.8) is 0 Å². The van der Waals surface area contributed by atoms with E-state index in [1.807, 2.05) is 0 Å². The molecule has 0 saturated carbocycles. The lowest BCUT2D eigenvalue weighted by molar-refractivity contribution is 0.0990. The smallest absolute Gasteiger partial charge is 0.181 e. The molecule has 0 saturated heterocycles. The number of nitrogens with one attached hydrogen (secondary N) is 1. The number of likely N-dealkylation sites (N-methyl/N-ethyl adjacent to an activating group) is 1. The zero-order valence-corrected chi connectivity index (χ0v) is 11.1. The van der Waals surface area contributed by atoms with Gasteiger partial charge in [-0.25, -0.2) is 0 Å². The molecule has 16 heavy (non-hydrogen) atoms. The third kappa shape index (κ3) is 2.74. The molecule has 1 aromatic carbocycles. The topological polar surface area (TPSA) is 47.6 Å². The fourth-order valence-electron chi connectivity index (χ4n) is 1.36. The Labute approximate surface area is 103 Å². The largest absolute Gasteiger partial charge is 0.497 e. The van der Waals surface area contributed by atoms with Crippen molar-refractivity contribution in [3.05, 3.63) is 22.2 Å². The molecule has 1 N–H and O–H groups in total. The molecule has 0 amide bonds. The Morgan fingerprint density at radius 2 is 2.06 bits per heavy atom. The number of benzene rings is 1. The fourth-order valence-corrected chi connectivity index (χ4v) is 2.00. The number of ether oxygens (including phenoxy) is 2. The summed E-state index contributed by atoms with van der Waals surface area (Å²) in [5, 5.41) is 2.82. The second-order valence-electron chi connectivity index (χ2n) is 3.14. The molecule has 1 aromatic rings. The maximum atomic E-state index is 11.8. The van der Waals surface area contributed by atoms with E-state index in [0.29, 0.717) is 21.5 Å². The van der Waals surface area contributed by atoms with Crippen LogP contribution >= 0.6 is 15.9 Å². The van der Waals surface area contributed by atoms with E-state index < -0.39 is 0 Å². The summed E-state index contributed by atoms with van der Waals surface area (Å²) in [6.45, 7) is 0.265. The summed E-state index contributed by atoms with van der Waals surface area (Å²) in [5.41, 5.74) is 0.526. The summed E-state index contributed by atoms with van der Waals surface area (Å²) in [4.78, 5) is 11.8. The summed E-state index contributed by atoms with van der Waals surface area (Å²) in [5.74, 6) is 1.12. The van der Waals surface area contributed by atoms with Crippen LogP contribution in [0.25, 0.3) is 0 Å². The van der Waals surface area contributed by atoms with Gasteiger partial charge in [-0.1, -0.05) is 0 Å². The van der Waals surface area contributed by atoms with E-state index in [0.717, 1.165) is 0 Å². The molecule has 0 fully saturated rings. The summed E-state index contributed by atoms with van der Waals surface area (Å²) >= 11 is 3.34. The van der Waals surface area contributed by atoms with Crippen molar-refractivity contribution < 1.29 is 14.3 Å². The monoisotopic (exact) mass is 287 g/mol. The van der Waals surface area contributed by atoms with Crippen molar-refractivity contribution in [2.24, 2.45) is 0 Å². The maximum Gasteiger partial charge on any atom is 0.181 e. The minimum Gasteiger partial charge on any atom is -0.497 e. The number of carbonyl (C=O) groups excluding carboxylic acids is 1. The van der Waals surface area contributed by atoms with E-state index in [4.69, 9.17) is 9.47 Å². The minimum absolute atomic E-state index is 0.0334. The number of hydrogen-bond donors (Lipinski definition) is 1. The first-order valence-corrected chi connectivity index (χ1v) is 5.52. The van der Waals surface area contributed by atoms with Gasteiger partial charge in [0.2, 0.25) is 0 Å². The minimum atomic E-state index is -0.0334.